The van der Waals surface area contributed by atoms with Crippen LogP contribution in [0.5, 0.6) is 5.75 Å². The van der Waals surface area contributed by atoms with Crippen LogP contribution in [0, 0.1) is 23.7 Å². The van der Waals surface area contributed by atoms with E-state index in [1.165, 1.54) is 5.57 Å². The molecule has 3 aliphatic carbocycles. The average Bonchev–Trinajstić information content (AvgIpc) is 3.56. The number of rotatable bonds is 15. The van der Waals surface area contributed by atoms with Crippen molar-refractivity contribution in [1.29, 1.82) is 0 Å². The number of nitrogens with zero attached hydrogens (tertiary/aromatic N) is 3. The van der Waals surface area contributed by atoms with Crippen molar-refractivity contribution in [3.8, 4) is 16.9 Å². The molecule has 302 valence electrons. The van der Waals surface area contributed by atoms with Gasteiger partial charge in [-0.2, -0.15) is 5.06 Å². The summed E-state index contributed by atoms with van der Waals surface area (Å²) < 4.78 is 6.07. The summed E-state index contributed by atoms with van der Waals surface area (Å²) in [6.45, 7) is 8.23. The number of hydrogen-bond donors (Lipinski definition) is 5. The summed E-state index contributed by atoms with van der Waals surface area (Å²) in [5.74, 6) is 0.345. The third-order valence-electron chi connectivity index (χ3n) is 12.1. The van der Waals surface area contributed by atoms with Gasteiger partial charge in [0.2, 0.25) is 5.91 Å². The Morgan fingerprint density at radius 2 is 1.77 bits per heavy atom. The molecule has 10 atom stereocenters. The Labute approximate surface area is 331 Å². The Morgan fingerprint density at radius 1 is 1.04 bits per heavy atom. The van der Waals surface area contributed by atoms with Crippen LogP contribution in [0.3, 0.4) is 0 Å². The molecule has 0 unspecified atom stereocenters. The molecule has 1 saturated heterocycles. The SMILES string of the molecule is C=C1[C@H]2C[C@H](NC(=O)[C@@H]3[C@H]([C@H](C)O)[C@H](CO)ON3Cc3cccc(-c4cc(C(=O)N[C@H](CN(C)C)[C@H](O)c5ccccc5)cc(N(C)C)c4)c3OC)[C@@H](C)[C@@H]1C2. The molecule has 4 fully saturated rings. The van der Waals surface area contributed by atoms with Crippen LogP contribution in [-0.4, -0.2) is 116 Å². The Kier molecular flexibility index (Phi) is 12.9. The molecule has 12 nitrogen and oxygen atoms in total. The lowest BCUT2D eigenvalue weighted by molar-refractivity contribution is -0.182. The van der Waals surface area contributed by atoms with Crippen LogP contribution in [0.25, 0.3) is 11.1 Å². The Morgan fingerprint density at radius 3 is 2.38 bits per heavy atom. The maximum Gasteiger partial charge on any atom is 0.251 e. The van der Waals surface area contributed by atoms with Gasteiger partial charge in [0, 0.05) is 55.0 Å². The predicted molar refractivity (Wildman–Crippen MR) is 217 cm³/mol. The number of allylic oxidation sites excluding steroid dienone is 1. The molecule has 12 heteroatoms. The molecule has 56 heavy (non-hydrogen) atoms. The van der Waals surface area contributed by atoms with E-state index in [4.69, 9.17) is 9.57 Å². The van der Waals surface area contributed by atoms with Crippen molar-refractivity contribution in [3.63, 3.8) is 0 Å². The van der Waals surface area contributed by atoms with Crippen molar-refractivity contribution in [1.82, 2.24) is 20.6 Å². The van der Waals surface area contributed by atoms with E-state index >= 15 is 0 Å². The van der Waals surface area contributed by atoms with Crippen LogP contribution in [0.4, 0.5) is 5.69 Å². The lowest BCUT2D eigenvalue weighted by Crippen LogP contribution is -2.57. The van der Waals surface area contributed by atoms with Crippen LogP contribution in [0.15, 0.2) is 78.9 Å². The van der Waals surface area contributed by atoms with Crippen molar-refractivity contribution >= 4 is 17.5 Å². The first kappa shape index (κ1) is 41.3. The molecule has 3 aromatic rings. The first-order valence-corrected chi connectivity index (χ1v) is 19.6. The number of hydroxylamine groups is 2. The van der Waals surface area contributed by atoms with Crippen LogP contribution in [-0.2, 0) is 16.2 Å². The van der Waals surface area contributed by atoms with E-state index in [0.717, 1.165) is 29.7 Å². The van der Waals surface area contributed by atoms with Gasteiger partial charge in [0.25, 0.3) is 5.91 Å². The van der Waals surface area contributed by atoms with Gasteiger partial charge in [-0.25, -0.2) is 0 Å². The molecule has 3 saturated carbocycles. The van der Waals surface area contributed by atoms with Crippen LogP contribution in [0.2, 0.25) is 0 Å². The van der Waals surface area contributed by atoms with E-state index in [1.807, 2.05) is 105 Å². The summed E-state index contributed by atoms with van der Waals surface area (Å²) in [7, 11) is 9.18. The molecule has 2 amide bonds. The summed E-state index contributed by atoms with van der Waals surface area (Å²) in [4.78, 5) is 38.3. The molecule has 0 radical (unpaired) electrons. The van der Waals surface area contributed by atoms with E-state index < -0.39 is 36.3 Å². The highest BCUT2D eigenvalue weighted by Gasteiger charge is 2.52. The zero-order chi connectivity index (χ0) is 40.4. The van der Waals surface area contributed by atoms with Crippen molar-refractivity contribution < 1.29 is 34.5 Å². The molecule has 0 spiro atoms. The predicted octanol–water partition coefficient (Wildman–Crippen LogP) is 4.01. The molecule has 2 bridgehead atoms. The molecule has 0 aromatic heterocycles. The number of anilines is 1. The number of methoxy groups -OCH3 is 1. The zero-order valence-corrected chi connectivity index (χ0v) is 33.7. The third kappa shape index (κ3) is 8.51. The Hall–Kier alpha value is -4.30. The number of ether oxygens (including phenoxy) is 1. The maximum atomic E-state index is 14.2. The van der Waals surface area contributed by atoms with Crippen molar-refractivity contribution in [2.75, 3.05) is 53.4 Å². The first-order valence-electron chi connectivity index (χ1n) is 19.6. The lowest BCUT2D eigenvalue weighted by atomic mass is 9.56. The quantitative estimate of drug-likeness (QED) is 0.144. The standard InChI is InChI=1S/C44H59N5O7/c1-25-30-20-35(25)26(2)36(21-30)45-44(54)40-39(27(3)51)38(24-50)56-49(40)22-29-15-12-16-34(42(29)55-8)31-17-32(19-33(18-31)48(6)7)43(53)46-37(23-47(4)5)41(52)28-13-10-9-11-14-28/h9-19,26-27,30,35-41,50-52H,1,20-24H2,2-8H3,(H,45,54)(H,46,53)/t26-,27-,30+,35+,36-,37+,38-,39+,40-,41+/m0/s1. The molecule has 1 aliphatic heterocycles. The number of carbonyl (C=O) groups excluding carboxylic acids is 2. The second-order valence-electron chi connectivity index (χ2n) is 16.3. The van der Waals surface area contributed by atoms with Crippen LogP contribution < -0.4 is 20.3 Å². The van der Waals surface area contributed by atoms with Gasteiger partial charge in [0.15, 0.2) is 0 Å². The Bertz CT molecular complexity index is 1870. The lowest BCUT2D eigenvalue weighted by Gasteiger charge is -2.52. The topological polar surface area (TPSA) is 147 Å². The molecule has 4 aliphatic rings. The smallest absolute Gasteiger partial charge is 0.251 e. The van der Waals surface area contributed by atoms with E-state index in [0.29, 0.717) is 40.8 Å². The van der Waals surface area contributed by atoms with Gasteiger partial charge in [0.05, 0.1) is 32.4 Å². The largest absolute Gasteiger partial charge is 0.496 e. The normalized spacial score (nSPS) is 26.3. The minimum absolute atomic E-state index is 0.0191. The number of hydrogen-bond acceptors (Lipinski definition) is 10. The molecule has 1 heterocycles. The summed E-state index contributed by atoms with van der Waals surface area (Å²) in [5.41, 5.74) is 5.35. The fourth-order valence-electron chi connectivity index (χ4n) is 8.94. The number of nitrogens with one attached hydrogen (secondary N) is 2. The van der Waals surface area contributed by atoms with Gasteiger partial charge < -0.3 is 40.5 Å². The van der Waals surface area contributed by atoms with Gasteiger partial charge in [-0.15, -0.1) is 0 Å². The monoisotopic (exact) mass is 769 g/mol. The van der Waals surface area contributed by atoms with Crippen molar-refractivity contribution in [2.45, 2.75) is 69.7 Å². The maximum absolute atomic E-state index is 14.2. The fraction of sp³-hybridized carbons (Fsp3) is 0.500. The molecule has 5 N–H and O–H groups in total. The van der Waals surface area contributed by atoms with E-state index in [1.54, 1.807) is 19.1 Å². The number of likely N-dealkylation sites (N-methyl/N-ethyl adjacent to an activating group) is 1. The van der Waals surface area contributed by atoms with E-state index in [2.05, 4.69) is 24.1 Å². The van der Waals surface area contributed by atoms with Gasteiger partial charge in [-0.3, -0.25) is 14.4 Å². The van der Waals surface area contributed by atoms with E-state index in [-0.39, 0.29) is 36.9 Å². The molecule has 7 rings (SSSR count). The number of fused-ring (bicyclic) bond motifs is 2. The average molecular weight is 770 g/mol. The molecular weight excluding hydrogens is 711 g/mol. The number of carbonyl (C=O) groups is 2. The van der Waals surface area contributed by atoms with Crippen LogP contribution in [0.1, 0.15) is 54.3 Å². The highest BCUT2D eigenvalue weighted by atomic mass is 16.7. The highest BCUT2D eigenvalue weighted by molar-refractivity contribution is 5.97. The van der Waals surface area contributed by atoms with Crippen molar-refractivity contribution in [2.24, 2.45) is 23.7 Å². The Balaban J connectivity index is 1.30. The third-order valence-corrected chi connectivity index (χ3v) is 12.1. The molecule has 3 aromatic carbocycles. The van der Waals surface area contributed by atoms with Crippen molar-refractivity contribution in [3.05, 3.63) is 95.6 Å². The molecular formula is C44H59N5O7. The number of para-hydroxylation sites is 1. The number of aliphatic hydroxyl groups excluding tert-OH is 3. The zero-order valence-electron chi connectivity index (χ0n) is 33.7. The second kappa shape index (κ2) is 17.5. The fourth-order valence-corrected chi connectivity index (χ4v) is 8.94. The minimum Gasteiger partial charge on any atom is -0.496 e. The highest BCUT2D eigenvalue weighted by Crippen LogP contribution is 2.52. The van der Waals surface area contributed by atoms with Gasteiger partial charge in [-0.05, 0) is 80.9 Å². The summed E-state index contributed by atoms with van der Waals surface area (Å²) in [6, 6.07) is 19.1. The van der Waals surface area contributed by atoms with Gasteiger partial charge in [0.1, 0.15) is 24.0 Å². The number of amides is 2. The number of benzene rings is 3. The van der Waals surface area contributed by atoms with E-state index in [9.17, 15) is 24.9 Å². The van der Waals surface area contributed by atoms with Crippen LogP contribution >= 0.6 is 0 Å². The summed E-state index contributed by atoms with van der Waals surface area (Å²) in [6.07, 6.45) is -0.689. The summed E-state index contributed by atoms with van der Waals surface area (Å²) in [5, 5.41) is 40.5. The number of aliphatic hydroxyl groups is 3. The first-order chi connectivity index (χ1) is 26.7. The van der Waals surface area contributed by atoms with Gasteiger partial charge >= 0.3 is 0 Å². The second-order valence-corrected chi connectivity index (χ2v) is 16.3. The summed E-state index contributed by atoms with van der Waals surface area (Å²) >= 11 is 0. The van der Waals surface area contributed by atoms with Gasteiger partial charge in [-0.1, -0.05) is 67.6 Å². The minimum atomic E-state index is -0.928.